The number of anilines is 1. The second-order valence-corrected chi connectivity index (χ2v) is 8.96. The molecule has 1 fully saturated rings. The van der Waals surface area contributed by atoms with Gasteiger partial charge in [-0.3, -0.25) is 4.79 Å². The van der Waals surface area contributed by atoms with Gasteiger partial charge in [-0.2, -0.15) is 4.31 Å². The van der Waals surface area contributed by atoms with Crippen molar-refractivity contribution >= 4 is 33.2 Å². The molecule has 150 valence electrons. The topological polar surface area (TPSA) is 75.7 Å². The van der Waals surface area contributed by atoms with Crippen LogP contribution in [0, 0.1) is 0 Å². The minimum Gasteiger partial charge on any atom is -0.493 e. The van der Waals surface area contributed by atoms with Crippen molar-refractivity contribution in [3.63, 3.8) is 0 Å². The number of rotatable bonds is 7. The van der Waals surface area contributed by atoms with Gasteiger partial charge >= 0.3 is 0 Å². The summed E-state index contributed by atoms with van der Waals surface area (Å²) in [5.74, 6) is 0.435. The second-order valence-electron chi connectivity index (χ2n) is 6.59. The van der Waals surface area contributed by atoms with Crippen molar-refractivity contribution in [2.24, 2.45) is 0 Å². The Bertz CT molecular complexity index is 893. The zero-order valence-corrected chi connectivity index (χ0v) is 17.0. The van der Waals surface area contributed by atoms with Crippen molar-refractivity contribution in [1.82, 2.24) is 4.31 Å². The Morgan fingerprint density at radius 3 is 2.29 bits per heavy atom. The summed E-state index contributed by atoms with van der Waals surface area (Å²) in [7, 11) is -3.46. The molecule has 1 aliphatic rings. The van der Waals surface area contributed by atoms with Gasteiger partial charge in [0.2, 0.25) is 15.9 Å². The number of hydrogen-bond donors (Lipinski definition) is 1. The summed E-state index contributed by atoms with van der Waals surface area (Å²) in [5, 5.41) is 3.37. The highest BCUT2D eigenvalue weighted by Gasteiger charge is 2.25. The number of piperidine rings is 1. The first kappa shape index (κ1) is 20.6. The number of nitrogens with zero attached hydrogens (tertiary/aromatic N) is 1. The van der Waals surface area contributed by atoms with E-state index in [2.05, 4.69) is 5.32 Å². The lowest BCUT2D eigenvalue weighted by Gasteiger charge is -2.25. The molecule has 2 aromatic rings. The van der Waals surface area contributed by atoms with Gasteiger partial charge < -0.3 is 10.1 Å². The Morgan fingerprint density at radius 1 is 1.00 bits per heavy atom. The molecule has 1 amide bonds. The molecule has 1 saturated heterocycles. The first-order valence-electron chi connectivity index (χ1n) is 9.23. The van der Waals surface area contributed by atoms with Crippen LogP contribution in [0.2, 0.25) is 5.02 Å². The third-order valence-electron chi connectivity index (χ3n) is 4.50. The highest BCUT2D eigenvalue weighted by molar-refractivity contribution is 7.89. The quantitative estimate of drug-likeness (QED) is 0.733. The van der Waals surface area contributed by atoms with Crippen molar-refractivity contribution in [3.05, 3.63) is 53.6 Å². The summed E-state index contributed by atoms with van der Waals surface area (Å²) in [4.78, 5) is 12.3. The SMILES string of the molecule is O=C(CCOc1ccc(Cl)cc1)Nc1ccc(S(=O)(=O)N2CCCCC2)cc1. The lowest BCUT2D eigenvalue weighted by molar-refractivity contribution is -0.116. The first-order chi connectivity index (χ1) is 13.4. The van der Waals surface area contributed by atoms with E-state index in [1.165, 1.54) is 16.4 Å². The summed E-state index contributed by atoms with van der Waals surface area (Å²) >= 11 is 5.81. The summed E-state index contributed by atoms with van der Waals surface area (Å²) in [6.45, 7) is 1.36. The van der Waals surface area contributed by atoms with Crippen molar-refractivity contribution in [1.29, 1.82) is 0 Å². The average Bonchev–Trinajstić information content (AvgIpc) is 2.70. The molecular weight excluding hydrogens is 400 g/mol. The van der Waals surface area contributed by atoms with Gasteiger partial charge in [0.15, 0.2) is 0 Å². The predicted molar refractivity (Wildman–Crippen MR) is 109 cm³/mol. The molecule has 0 aromatic heterocycles. The molecule has 1 N–H and O–H groups in total. The molecule has 3 rings (SSSR count). The fraction of sp³-hybridized carbons (Fsp3) is 0.350. The number of nitrogens with one attached hydrogen (secondary N) is 1. The molecule has 0 unspecified atom stereocenters. The van der Waals surface area contributed by atoms with E-state index in [4.69, 9.17) is 16.3 Å². The molecule has 0 atom stereocenters. The van der Waals surface area contributed by atoms with Crippen molar-refractivity contribution < 1.29 is 17.9 Å². The number of benzene rings is 2. The molecule has 28 heavy (non-hydrogen) atoms. The normalized spacial score (nSPS) is 15.2. The van der Waals surface area contributed by atoms with Crippen LogP contribution >= 0.6 is 11.6 Å². The van der Waals surface area contributed by atoms with Gasteiger partial charge in [0, 0.05) is 23.8 Å². The highest BCUT2D eigenvalue weighted by atomic mass is 35.5. The zero-order chi connectivity index (χ0) is 20.0. The van der Waals surface area contributed by atoms with Crippen LogP contribution in [0.15, 0.2) is 53.4 Å². The maximum atomic E-state index is 12.6. The van der Waals surface area contributed by atoms with Gasteiger partial charge in [-0.05, 0) is 61.4 Å². The van der Waals surface area contributed by atoms with Crippen LogP contribution in [0.1, 0.15) is 25.7 Å². The number of amides is 1. The maximum Gasteiger partial charge on any atom is 0.243 e. The Labute approximate surface area is 170 Å². The fourth-order valence-electron chi connectivity index (χ4n) is 2.98. The van der Waals surface area contributed by atoms with E-state index >= 15 is 0 Å². The smallest absolute Gasteiger partial charge is 0.243 e. The van der Waals surface area contributed by atoms with E-state index in [1.807, 2.05) is 0 Å². The van der Waals surface area contributed by atoms with Crippen LogP contribution in [0.4, 0.5) is 5.69 Å². The molecule has 0 aliphatic carbocycles. The van der Waals surface area contributed by atoms with E-state index in [0.717, 1.165) is 19.3 Å². The van der Waals surface area contributed by atoms with E-state index in [1.54, 1.807) is 36.4 Å². The van der Waals surface area contributed by atoms with Gasteiger partial charge in [0.05, 0.1) is 17.9 Å². The summed E-state index contributed by atoms with van der Waals surface area (Å²) < 4.78 is 32.3. The number of carbonyl (C=O) groups is 1. The molecule has 1 heterocycles. The van der Waals surface area contributed by atoms with Gasteiger partial charge in [0.1, 0.15) is 5.75 Å². The predicted octanol–water partition coefficient (Wildman–Crippen LogP) is 3.92. The van der Waals surface area contributed by atoms with Crippen LogP contribution in [0.25, 0.3) is 0 Å². The van der Waals surface area contributed by atoms with Gasteiger partial charge in [-0.1, -0.05) is 18.0 Å². The molecule has 0 saturated carbocycles. The minimum absolute atomic E-state index is 0.177. The molecule has 8 heteroatoms. The van der Waals surface area contributed by atoms with Crippen LogP contribution in [-0.4, -0.2) is 38.3 Å². The Balaban J connectivity index is 1.50. The second kappa shape index (κ2) is 9.41. The third kappa shape index (κ3) is 5.47. The van der Waals surface area contributed by atoms with E-state index < -0.39 is 10.0 Å². The molecule has 1 aliphatic heterocycles. The average molecular weight is 423 g/mol. The lowest BCUT2D eigenvalue weighted by Crippen LogP contribution is -2.35. The van der Waals surface area contributed by atoms with Crippen LogP contribution in [0.3, 0.4) is 0 Å². The minimum atomic E-state index is -3.46. The zero-order valence-electron chi connectivity index (χ0n) is 15.4. The van der Waals surface area contributed by atoms with Gasteiger partial charge in [0.25, 0.3) is 0 Å². The molecule has 0 radical (unpaired) electrons. The van der Waals surface area contributed by atoms with Crippen molar-refractivity contribution in [3.8, 4) is 5.75 Å². The van der Waals surface area contributed by atoms with E-state index in [9.17, 15) is 13.2 Å². The van der Waals surface area contributed by atoms with Crippen molar-refractivity contribution in [2.45, 2.75) is 30.6 Å². The number of sulfonamides is 1. The Kier molecular flexibility index (Phi) is 6.93. The number of carbonyl (C=O) groups excluding carboxylic acids is 1. The number of hydrogen-bond acceptors (Lipinski definition) is 4. The van der Waals surface area contributed by atoms with Crippen LogP contribution in [-0.2, 0) is 14.8 Å². The molecule has 0 bridgehead atoms. The highest BCUT2D eigenvalue weighted by Crippen LogP contribution is 2.22. The molecular formula is C20H23ClN2O4S. The largest absolute Gasteiger partial charge is 0.493 e. The molecule has 0 spiro atoms. The fourth-order valence-corrected chi connectivity index (χ4v) is 4.62. The number of ether oxygens (including phenoxy) is 1. The van der Waals surface area contributed by atoms with Crippen LogP contribution in [0.5, 0.6) is 5.75 Å². The maximum absolute atomic E-state index is 12.6. The Morgan fingerprint density at radius 2 is 1.64 bits per heavy atom. The third-order valence-corrected chi connectivity index (χ3v) is 6.67. The summed E-state index contributed by atoms with van der Waals surface area (Å²) in [6, 6.07) is 13.2. The Hall–Kier alpha value is -2.09. The number of halogens is 1. The first-order valence-corrected chi connectivity index (χ1v) is 11.1. The van der Waals surface area contributed by atoms with E-state index in [-0.39, 0.29) is 23.8 Å². The lowest BCUT2D eigenvalue weighted by atomic mass is 10.2. The summed E-state index contributed by atoms with van der Waals surface area (Å²) in [5.41, 5.74) is 0.550. The summed E-state index contributed by atoms with van der Waals surface area (Å²) in [6.07, 6.45) is 3.03. The monoisotopic (exact) mass is 422 g/mol. The molecule has 2 aromatic carbocycles. The van der Waals surface area contributed by atoms with E-state index in [0.29, 0.717) is 29.5 Å². The standard InChI is InChI=1S/C20H23ClN2O4S/c21-16-4-8-18(9-5-16)27-15-12-20(24)22-17-6-10-19(11-7-17)28(25,26)23-13-2-1-3-14-23/h4-11H,1-3,12-15H2,(H,22,24). The molecule has 6 nitrogen and oxygen atoms in total. The van der Waals surface area contributed by atoms with Gasteiger partial charge in [-0.15, -0.1) is 0 Å². The van der Waals surface area contributed by atoms with Crippen molar-refractivity contribution in [2.75, 3.05) is 25.0 Å². The van der Waals surface area contributed by atoms with Crippen LogP contribution < -0.4 is 10.1 Å². The van der Waals surface area contributed by atoms with Gasteiger partial charge in [-0.25, -0.2) is 8.42 Å².